The van der Waals surface area contributed by atoms with Crippen LogP contribution in [0.3, 0.4) is 0 Å². The number of aryl methyl sites for hydroxylation is 1. The van der Waals surface area contributed by atoms with Gasteiger partial charge in [0.05, 0.1) is 5.56 Å². The average Bonchev–Trinajstić information content (AvgIpc) is 2.54. The van der Waals surface area contributed by atoms with Crippen LogP contribution in [0, 0.1) is 0 Å². The van der Waals surface area contributed by atoms with E-state index in [0.29, 0.717) is 6.07 Å². The molecule has 0 saturated carbocycles. The van der Waals surface area contributed by atoms with E-state index in [0.717, 1.165) is 10.6 Å². The topological polar surface area (TPSA) is 75.1 Å². The number of aromatic nitrogens is 2. The van der Waals surface area contributed by atoms with Gasteiger partial charge in [-0.15, -0.1) is 0 Å². The largest absolute Gasteiger partial charge is 0.477 e. The van der Waals surface area contributed by atoms with Crippen LogP contribution in [0.2, 0.25) is 0 Å². The van der Waals surface area contributed by atoms with Gasteiger partial charge in [-0.25, -0.2) is 4.79 Å². The number of carboxylic acid groups (broad SMARTS) is 1. The summed E-state index contributed by atoms with van der Waals surface area (Å²) in [6.45, 7) is 0. The number of alkyl halides is 3. The lowest BCUT2D eigenvalue weighted by Crippen LogP contribution is -2.14. The van der Waals surface area contributed by atoms with Crippen molar-refractivity contribution in [1.29, 1.82) is 0 Å². The second-order valence-electron chi connectivity index (χ2n) is 3.70. The molecule has 0 aromatic carbocycles. The van der Waals surface area contributed by atoms with Gasteiger partial charge in [-0.1, -0.05) is 0 Å². The van der Waals surface area contributed by atoms with Gasteiger partial charge in [0, 0.05) is 18.5 Å². The Morgan fingerprint density at radius 3 is 2.50 bits per heavy atom. The quantitative estimate of drug-likeness (QED) is 0.817. The number of H-pyrrole nitrogens is 1. The molecule has 0 aliphatic carbocycles. The average molecular weight is 260 g/mol. The maximum Gasteiger partial charge on any atom is 0.417 e. The second kappa shape index (κ2) is 3.62. The molecule has 5 nitrogen and oxygen atoms in total. The summed E-state index contributed by atoms with van der Waals surface area (Å²) in [7, 11) is 1.27. The smallest absolute Gasteiger partial charge is 0.417 e. The molecule has 0 saturated heterocycles. The van der Waals surface area contributed by atoms with Crippen LogP contribution in [0.25, 0.3) is 11.0 Å². The molecule has 0 amide bonds. The number of hydrogen-bond acceptors (Lipinski definition) is 2. The number of aromatic carboxylic acids is 1. The zero-order valence-corrected chi connectivity index (χ0v) is 9.00. The van der Waals surface area contributed by atoms with E-state index in [9.17, 15) is 22.8 Å². The Bertz CT molecular complexity index is 697. The Hall–Kier alpha value is -2.25. The van der Waals surface area contributed by atoms with Gasteiger partial charge < -0.3 is 14.7 Å². The number of nitrogens with one attached hydrogen (secondary N) is 1. The van der Waals surface area contributed by atoms with Gasteiger partial charge in [-0.2, -0.15) is 13.2 Å². The Morgan fingerprint density at radius 2 is 2.00 bits per heavy atom. The summed E-state index contributed by atoms with van der Waals surface area (Å²) in [6, 6.07) is 1.30. The SMILES string of the molecule is Cn1c(C(=O)O)cc2c(C(F)(F)F)cc(=O)[nH]c21. The summed E-state index contributed by atoms with van der Waals surface area (Å²) >= 11 is 0. The molecular weight excluding hydrogens is 253 g/mol. The molecule has 8 heteroatoms. The van der Waals surface area contributed by atoms with Crippen LogP contribution < -0.4 is 5.56 Å². The summed E-state index contributed by atoms with van der Waals surface area (Å²) in [6.07, 6.45) is -4.72. The highest BCUT2D eigenvalue weighted by molar-refractivity contribution is 5.94. The normalized spacial score (nSPS) is 12.0. The zero-order chi connectivity index (χ0) is 13.7. The first-order valence-electron chi connectivity index (χ1n) is 4.75. The fourth-order valence-corrected chi connectivity index (χ4v) is 1.76. The molecule has 18 heavy (non-hydrogen) atoms. The molecule has 96 valence electrons. The number of fused-ring (bicyclic) bond motifs is 1. The van der Waals surface area contributed by atoms with E-state index in [-0.39, 0.29) is 16.7 Å². The number of pyridine rings is 1. The highest BCUT2D eigenvalue weighted by Crippen LogP contribution is 2.34. The van der Waals surface area contributed by atoms with Crippen molar-refractivity contribution >= 4 is 17.0 Å². The van der Waals surface area contributed by atoms with E-state index in [1.165, 1.54) is 7.05 Å². The number of halogens is 3. The maximum atomic E-state index is 12.7. The van der Waals surface area contributed by atoms with Crippen LogP contribution in [-0.2, 0) is 13.2 Å². The second-order valence-corrected chi connectivity index (χ2v) is 3.70. The Kier molecular flexibility index (Phi) is 2.46. The number of aromatic amines is 1. The van der Waals surface area contributed by atoms with E-state index in [2.05, 4.69) is 4.98 Å². The molecule has 0 spiro atoms. The monoisotopic (exact) mass is 260 g/mol. The molecule has 0 atom stereocenters. The van der Waals surface area contributed by atoms with Crippen molar-refractivity contribution in [2.75, 3.05) is 0 Å². The fourth-order valence-electron chi connectivity index (χ4n) is 1.76. The van der Waals surface area contributed by atoms with E-state index >= 15 is 0 Å². The van der Waals surface area contributed by atoms with Crippen molar-refractivity contribution in [3.8, 4) is 0 Å². The fraction of sp³-hybridized carbons (Fsp3) is 0.200. The van der Waals surface area contributed by atoms with Crippen LogP contribution in [0.15, 0.2) is 16.9 Å². The van der Waals surface area contributed by atoms with Gasteiger partial charge in [0.2, 0.25) is 5.56 Å². The third-order valence-corrected chi connectivity index (χ3v) is 2.56. The number of rotatable bonds is 1. The van der Waals surface area contributed by atoms with E-state index < -0.39 is 23.3 Å². The number of nitrogens with zero attached hydrogens (tertiary/aromatic N) is 1. The van der Waals surface area contributed by atoms with Crippen LogP contribution in [0.1, 0.15) is 16.1 Å². The summed E-state index contributed by atoms with van der Waals surface area (Å²) in [5, 5.41) is 8.49. The van der Waals surface area contributed by atoms with Crippen molar-refractivity contribution in [3.63, 3.8) is 0 Å². The van der Waals surface area contributed by atoms with E-state index in [4.69, 9.17) is 5.11 Å². The van der Waals surface area contributed by atoms with Crippen molar-refractivity contribution in [3.05, 3.63) is 33.7 Å². The molecule has 0 aliphatic heterocycles. The first-order valence-corrected chi connectivity index (χ1v) is 4.75. The van der Waals surface area contributed by atoms with Crippen LogP contribution in [0.5, 0.6) is 0 Å². The molecule has 2 N–H and O–H groups in total. The van der Waals surface area contributed by atoms with Gasteiger partial charge in [0.1, 0.15) is 11.3 Å². The minimum absolute atomic E-state index is 0.174. The number of hydrogen-bond donors (Lipinski definition) is 2. The molecule has 0 aliphatic rings. The van der Waals surface area contributed by atoms with Gasteiger partial charge in [0.15, 0.2) is 0 Å². The van der Waals surface area contributed by atoms with E-state index in [1.54, 1.807) is 0 Å². The van der Waals surface area contributed by atoms with Crippen molar-refractivity contribution in [2.24, 2.45) is 7.05 Å². The first kappa shape index (κ1) is 12.2. The lowest BCUT2D eigenvalue weighted by atomic mass is 10.2. The van der Waals surface area contributed by atoms with Crippen LogP contribution in [-0.4, -0.2) is 20.6 Å². The molecule has 2 heterocycles. The molecule has 2 rings (SSSR count). The van der Waals surface area contributed by atoms with Crippen molar-refractivity contribution in [2.45, 2.75) is 6.18 Å². The number of carbonyl (C=O) groups is 1. The van der Waals surface area contributed by atoms with Gasteiger partial charge in [0.25, 0.3) is 0 Å². The lowest BCUT2D eigenvalue weighted by Gasteiger charge is -2.07. The minimum Gasteiger partial charge on any atom is -0.477 e. The molecule has 2 aromatic heterocycles. The molecular formula is C10H7F3N2O3. The summed E-state index contributed by atoms with van der Waals surface area (Å²) in [5.74, 6) is -1.37. The standard InChI is InChI=1S/C10H7F3N2O3/c1-15-6(9(17)18)2-4-5(10(11,12)13)3-7(16)14-8(4)15/h2-3H,1H3,(H,14,16)(H,17,18). The maximum absolute atomic E-state index is 12.7. The Labute approximate surface area is 97.5 Å². The highest BCUT2D eigenvalue weighted by Gasteiger charge is 2.34. The number of carboxylic acids is 1. The van der Waals surface area contributed by atoms with Crippen molar-refractivity contribution in [1.82, 2.24) is 9.55 Å². The predicted octanol–water partition coefficient (Wildman–Crippen LogP) is 1.58. The first-order chi connectivity index (χ1) is 8.21. The third-order valence-electron chi connectivity index (χ3n) is 2.56. The van der Waals surface area contributed by atoms with Gasteiger partial charge in [-0.05, 0) is 6.07 Å². The molecule has 0 fully saturated rings. The summed E-state index contributed by atoms with van der Waals surface area (Å²) in [4.78, 5) is 24.2. The highest BCUT2D eigenvalue weighted by atomic mass is 19.4. The lowest BCUT2D eigenvalue weighted by molar-refractivity contribution is -0.136. The van der Waals surface area contributed by atoms with Crippen LogP contribution >= 0.6 is 0 Å². The van der Waals surface area contributed by atoms with Crippen LogP contribution in [0.4, 0.5) is 13.2 Å². The van der Waals surface area contributed by atoms with Crippen molar-refractivity contribution < 1.29 is 23.1 Å². The zero-order valence-electron chi connectivity index (χ0n) is 9.00. The molecule has 0 bridgehead atoms. The summed E-state index contributed by atoms with van der Waals surface area (Å²) in [5.41, 5.74) is -2.60. The Balaban J connectivity index is 2.94. The molecule has 2 aromatic rings. The van der Waals surface area contributed by atoms with Gasteiger partial charge >= 0.3 is 12.1 Å². The summed E-state index contributed by atoms with van der Waals surface area (Å²) < 4.78 is 39.2. The molecule has 0 radical (unpaired) electrons. The van der Waals surface area contributed by atoms with E-state index in [1.807, 2.05) is 0 Å². The Morgan fingerprint density at radius 1 is 1.39 bits per heavy atom. The molecule has 0 unspecified atom stereocenters. The van der Waals surface area contributed by atoms with Gasteiger partial charge in [-0.3, -0.25) is 4.79 Å². The third kappa shape index (κ3) is 1.75. The predicted molar refractivity (Wildman–Crippen MR) is 55.5 cm³/mol. The minimum atomic E-state index is -4.72.